The highest BCUT2D eigenvalue weighted by Gasteiger charge is 2.29. The number of carboxylic acid groups (broad SMARTS) is 1. The number of hydrogen-bond acceptors (Lipinski definition) is 6. The summed E-state index contributed by atoms with van der Waals surface area (Å²) in [6, 6.07) is 6.64. The van der Waals surface area contributed by atoms with Crippen molar-refractivity contribution in [3.05, 3.63) is 58.1 Å². The lowest BCUT2D eigenvalue weighted by atomic mass is 10.1. The Labute approximate surface area is 236 Å². The second-order valence-corrected chi connectivity index (χ2v) is 9.58. The highest BCUT2D eigenvalue weighted by atomic mass is 35.5. The maximum atomic E-state index is 14.8. The SMILES string of the molecule is O=C(CCN(O)C(=O)O)NCc1ccc(C(=O)Nc2ccc(Cl)cc2N2CCN(CCC(F)(F)F)CC2)c(F)c1F. The number of hydrogen-bond donors (Lipinski definition) is 4. The van der Waals surface area contributed by atoms with Gasteiger partial charge in [0.15, 0.2) is 11.6 Å². The van der Waals surface area contributed by atoms with E-state index in [2.05, 4.69) is 10.6 Å². The van der Waals surface area contributed by atoms with Crippen molar-refractivity contribution in [2.45, 2.75) is 25.6 Å². The minimum atomic E-state index is -4.26. The van der Waals surface area contributed by atoms with Gasteiger partial charge in [-0.3, -0.25) is 19.7 Å². The minimum Gasteiger partial charge on any atom is -0.463 e. The molecule has 224 valence electrons. The van der Waals surface area contributed by atoms with Gasteiger partial charge in [-0.05, 0) is 24.3 Å². The number of benzene rings is 2. The topological polar surface area (TPSA) is 125 Å². The summed E-state index contributed by atoms with van der Waals surface area (Å²) in [6.07, 6.45) is -7.27. The van der Waals surface area contributed by atoms with E-state index in [1.165, 1.54) is 12.1 Å². The fraction of sp³-hybridized carbons (Fsp3) is 0.400. The monoisotopic (exact) mass is 607 g/mol. The Morgan fingerprint density at radius 3 is 2.34 bits per heavy atom. The van der Waals surface area contributed by atoms with Crippen molar-refractivity contribution in [1.29, 1.82) is 0 Å². The first kappa shape index (κ1) is 31.8. The third kappa shape index (κ3) is 9.16. The molecule has 0 bridgehead atoms. The summed E-state index contributed by atoms with van der Waals surface area (Å²) < 4.78 is 67.2. The molecule has 4 N–H and O–H groups in total. The third-order valence-corrected chi connectivity index (χ3v) is 6.52. The van der Waals surface area contributed by atoms with Crippen LogP contribution in [0.4, 0.5) is 38.1 Å². The smallest absolute Gasteiger partial charge is 0.431 e. The Balaban J connectivity index is 1.65. The fourth-order valence-electron chi connectivity index (χ4n) is 4.05. The molecule has 0 saturated carbocycles. The van der Waals surface area contributed by atoms with Crippen LogP contribution < -0.4 is 15.5 Å². The zero-order valence-electron chi connectivity index (χ0n) is 21.5. The number of rotatable bonds is 10. The van der Waals surface area contributed by atoms with Crippen molar-refractivity contribution in [2.75, 3.05) is 49.5 Å². The Bertz CT molecular complexity index is 1270. The summed E-state index contributed by atoms with van der Waals surface area (Å²) in [4.78, 5) is 38.7. The summed E-state index contributed by atoms with van der Waals surface area (Å²) in [7, 11) is 0. The first-order valence-electron chi connectivity index (χ1n) is 12.3. The summed E-state index contributed by atoms with van der Waals surface area (Å²) >= 11 is 6.13. The van der Waals surface area contributed by atoms with Gasteiger partial charge in [0.05, 0.1) is 29.9 Å². The van der Waals surface area contributed by atoms with Crippen molar-refractivity contribution >= 4 is 40.9 Å². The van der Waals surface area contributed by atoms with Gasteiger partial charge in [0.1, 0.15) is 0 Å². The molecule has 1 aliphatic rings. The molecule has 0 spiro atoms. The summed E-state index contributed by atoms with van der Waals surface area (Å²) in [6.45, 7) is 0.244. The largest absolute Gasteiger partial charge is 0.463 e. The lowest BCUT2D eigenvalue weighted by Gasteiger charge is -2.37. The van der Waals surface area contributed by atoms with Gasteiger partial charge in [-0.25, -0.2) is 13.6 Å². The molecule has 41 heavy (non-hydrogen) atoms. The second kappa shape index (κ2) is 13.8. The number of halogens is 6. The Morgan fingerprint density at radius 2 is 1.71 bits per heavy atom. The fourth-order valence-corrected chi connectivity index (χ4v) is 4.21. The second-order valence-electron chi connectivity index (χ2n) is 9.14. The maximum absolute atomic E-state index is 14.8. The van der Waals surface area contributed by atoms with Crippen LogP contribution in [0.25, 0.3) is 0 Å². The first-order chi connectivity index (χ1) is 19.2. The standard InChI is InChI=1S/C25H27ClF5N5O5/c26-16-2-4-18(19(13-16)35-11-9-34(10-12-35)8-6-25(29,30)31)33-23(38)17-3-1-15(21(27)22(17)28)14-32-20(37)5-7-36(41)24(39)40/h1-4,13,41H,5-12,14H2,(H,32,37)(H,33,38)(H,39,40). The van der Waals surface area contributed by atoms with Gasteiger partial charge in [0.25, 0.3) is 5.91 Å². The lowest BCUT2D eigenvalue weighted by molar-refractivity contribution is -0.138. The molecule has 1 aliphatic heterocycles. The molecule has 2 aromatic rings. The average Bonchev–Trinajstić information content (AvgIpc) is 2.92. The molecule has 0 radical (unpaired) electrons. The molecule has 0 aromatic heterocycles. The molecule has 1 heterocycles. The Hall–Kier alpha value is -3.69. The number of amides is 3. The summed E-state index contributed by atoms with van der Waals surface area (Å²) in [5, 5.41) is 22.6. The molecule has 16 heteroatoms. The van der Waals surface area contributed by atoms with E-state index in [0.29, 0.717) is 36.9 Å². The number of alkyl halides is 3. The molecule has 0 atom stereocenters. The molecule has 0 unspecified atom stereocenters. The number of anilines is 2. The predicted octanol–water partition coefficient (Wildman–Crippen LogP) is 4.32. The predicted molar refractivity (Wildman–Crippen MR) is 138 cm³/mol. The van der Waals surface area contributed by atoms with Crippen LogP contribution in [0.3, 0.4) is 0 Å². The van der Waals surface area contributed by atoms with Crippen LogP contribution in [-0.2, 0) is 11.3 Å². The van der Waals surface area contributed by atoms with E-state index in [4.69, 9.17) is 21.9 Å². The Morgan fingerprint density at radius 1 is 1.02 bits per heavy atom. The van der Waals surface area contributed by atoms with E-state index in [1.807, 2.05) is 4.90 Å². The number of nitrogens with zero attached hydrogens (tertiary/aromatic N) is 3. The van der Waals surface area contributed by atoms with Gasteiger partial charge in [-0.1, -0.05) is 17.7 Å². The molecule has 3 amide bonds. The zero-order chi connectivity index (χ0) is 30.3. The molecule has 1 fully saturated rings. The number of carbonyl (C=O) groups is 3. The zero-order valence-corrected chi connectivity index (χ0v) is 22.2. The lowest BCUT2D eigenvalue weighted by Crippen LogP contribution is -2.47. The molecule has 0 aliphatic carbocycles. The molecule has 3 rings (SSSR count). The first-order valence-corrected chi connectivity index (χ1v) is 12.7. The van der Waals surface area contributed by atoms with Crippen LogP contribution in [-0.4, -0.2) is 83.6 Å². The van der Waals surface area contributed by atoms with Gasteiger partial charge in [0, 0.05) is 56.3 Å². The van der Waals surface area contributed by atoms with Crippen LogP contribution in [0.2, 0.25) is 5.02 Å². The number of nitrogens with one attached hydrogen (secondary N) is 2. The molecular formula is C25H27ClF5N5O5. The minimum absolute atomic E-state index is 0.0993. The van der Waals surface area contributed by atoms with Gasteiger partial charge in [-0.15, -0.1) is 0 Å². The Kier molecular flexibility index (Phi) is 10.7. The van der Waals surface area contributed by atoms with Crippen molar-refractivity contribution in [2.24, 2.45) is 0 Å². The normalized spacial score (nSPS) is 14.1. The summed E-state index contributed by atoms with van der Waals surface area (Å²) in [5.41, 5.74) is -0.195. The van der Waals surface area contributed by atoms with E-state index in [1.54, 1.807) is 11.0 Å². The van der Waals surface area contributed by atoms with E-state index in [9.17, 15) is 36.3 Å². The van der Waals surface area contributed by atoms with Crippen LogP contribution >= 0.6 is 11.6 Å². The van der Waals surface area contributed by atoms with Crippen molar-refractivity contribution in [1.82, 2.24) is 15.3 Å². The van der Waals surface area contributed by atoms with E-state index in [-0.39, 0.29) is 22.9 Å². The molecule has 1 saturated heterocycles. The molecule has 2 aromatic carbocycles. The van der Waals surface area contributed by atoms with Crippen molar-refractivity contribution in [3.63, 3.8) is 0 Å². The summed E-state index contributed by atoms with van der Waals surface area (Å²) in [5.74, 6) is -4.54. The quantitative estimate of drug-likeness (QED) is 0.180. The third-order valence-electron chi connectivity index (χ3n) is 6.29. The highest BCUT2D eigenvalue weighted by molar-refractivity contribution is 6.31. The van der Waals surface area contributed by atoms with Crippen LogP contribution in [0.5, 0.6) is 0 Å². The van der Waals surface area contributed by atoms with Gasteiger partial charge in [0.2, 0.25) is 5.91 Å². The number of piperazine rings is 1. The van der Waals surface area contributed by atoms with Crippen LogP contribution in [0.15, 0.2) is 30.3 Å². The van der Waals surface area contributed by atoms with E-state index >= 15 is 0 Å². The maximum Gasteiger partial charge on any atom is 0.431 e. The number of hydroxylamine groups is 2. The molecular weight excluding hydrogens is 581 g/mol. The van der Waals surface area contributed by atoms with Gasteiger partial charge < -0.3 is 20.6 Å². The van der Waals surface area contributed by atoms with Crippen LogP contribution in [0, 0.1) is 11.6 Å². The van der Waals surface area contributed by atoms with Crippen LogP contribution in [0.1, 0.15) is 28.8 Å². The highest BCUT2D eigenvalue weighted by Crippen LogP contribution is 2.31. The van der Waals surface area contributed by atoms with Crippen molar-refractivity contribution in [3.8, 4) is 0 Å². The van der Waals surface area contributed by atoms with E-state index < -0.39 is 67.2 Å². The van der Waals surface area contributed by atoms with E-state index in [0.717, 1.165) is 12.1 Å². The van der Waals surface area contributed by atoms with Crippen molar-refractivity contribution < 1.29 is 46.6 Å². The van der Waals surface area contributed by atoms with Gasteiger partial charge in [-0.2, -0.15) is 18.2 Å². The molecule has 10 nitrogen and oxygen atoms in total. The van der Waals surface area contributed by atoms with Gasteiger partial charge >= 0.3 is 12.3 Å². The number of carbonyl (C=O) groups excluding carboxylic acids is 2. The average molecular weight is 608 g/mol.